The molecule has 0 amide bonds. The van der Waals surface area contributed by atoms with Crippen molar-refractivity contribution in [3.63, 3.8) is 0 Å². The minimum absolute atomic E-state index is 0.0259. The molecule has 0 spiro atoms. The van der Waals surface area contributed by atoms with Crippen LogP contribution in [0.5, 0.6) is 6.01 Å². The predicted molar refractivity (Wildman–Crippen MR) is 69.1 cm³/mol. The Morgan fingerprint density at radius 2 is 2.37 bits per heavy atom. The number of nitrogens with zero attached hydrogens (tertiary/aromatic N) is 3. The zero-order valence-corrected chi connectivity index (χ0v) is 10.8. The first-order valence-corrected chi connectivity index (χ1v) is 5.84. The zero-order valence-electron chi connectivity index (χ0n) is 10.8. The second-order valence-electron chi connectivity index (χ2n) is 4.32. The van der Waals surface area contributed by atoms with Crippen molar-refractivity contribution in [1.82, 2.24) is 14.5 Å². The smallest absolute Gasteiger partial charge is 0.316 e. The Labute approximate surface area is 110 Å². The fourth-order valence-electron chi connectivity index (χ4n) is 2.10. The summed E-state index contributed by atoms with van der Waals surface area (Å²) in [5.41, 5.74) is 7.99. The number of nitrogens with two attached hydrogens (primary N) is 1. The summed E-state index contributed by atoms with van der Waals surface area (Å²) in [4.78, 5) is 19.2. The summed E-state index contributed by atoms with van der Waals surface area (Å²) in [6, 6.07) is 0.256. The summed E-state index contributed by atoms with van der Waals surface area (Å²) in [6.45, 7) is 0.248. The molecule has 7 nitrogen and oxygen atoms in total. The number of aromatic nitrogens is 3. The molecule has 1 atom stereocenters. The van der Waals surface area contributed by atoms with Crippen LogP contribution in [0.2, 0.25) is 0 Å². The Balaban J connectivity index is 2.54. The first-order chi connectivity index (χ1) is 9.06. The van der Waals surface area contributed by atoms with Crippen molar-refractivity contribution >= 4 is 17.0 Å². The fraction of sp³-hybridized carbons (Fsp3) is 0.417. The van der Waals surface area contributed by atoms with Gasteiger partial charge in [0.1, 0.15) is 0 Å². The molecule has 102 valence electrons. The molecule has 0 aromatic carbocycles. The van der Waals surface area contributed by atoms with E-state index in [1.54, 1.807) is 6.20 Å². The SMILES string of the molecule is COc1ncc2c(n1)c(C(CN)CC(=O)O)cn2C. The number of ether oxygens (including phenoxy) is 1. The minimum atomic E-state index is -0.881. The predicted octanol–water partition coefficient (Wildman–Crippen LogP) is 0.494. The molecule has 2 aromatic rings. The van der Waals surface area contributed by atoms with Crippen molar-refractivity contribution in [3.05, 3.63) is 18.0 Å². The van der Waals surface area contributed by atoms with E-state index in [1.807, 2.05) is 17.8 Å². The molecule has 0 radical (unpaired) electrons. The van der Waals surface area contributed by atoms with E-state index >= 15 is 0 Å². The molecule has 2 aromatic heterocycles. The maximum absolute atomic E-state index is 10.9. The van der Waals surface area contributed by atoms with Crippen LogP contribution in [0.15, 0.2) is 12.4 Å². The van der Waals surface area contributed by atoms with Crippen LogP contribution < -0.4 is 10.5 Å². The molecule has 3 N–H and O–H groups in total. The number of fused-ring (bicyclic) bond motifs is 1. The molecule has 0 saturated heterocycles. The Morgan fingerprint density at radius 3 is 2.95 bits per heavy atom. The normalized spacial score (nSPS) is 12.6. The van der Waals surface area contributed by atoms with Crippen LogP contribution in [0.4, 0.5) is 0 Å². The molecule has 0 bridgehead atoms. The second kappa shape index (κ2) is 5.23. The monoisotopic (exact) mass is 264 g/mol. The van der Waals surface area contributed by atoms with Crippen LogP contribution in [-0.2, 0) is 11.8 Å². The van der Waals surface area contributed by atoms with E-state index < -0.39 is 5.97 Å². The summed E-state index contributed by atoms with van der Waals surface area (Å²) in [5.74, 6) is -1.16. The molecule has 2 rings (SSSR count). The quantitative estimate of drug-likeness (QED) is 0.814. The van der Waals surface area contributed by atoms with Gasteiger partial charge in [-0.2, -0.15) is 4.98 Å². The van der Waals surface area contributed by atoms with Crippen LogP contribution in [0.1, 0.15) is 17.9 Å². The largest absolute Gasteiger partial charge is 0.481 e. The lowest BCUT2D eigenvalue weighted by Gasteiger charge is -2.10. The van der Waals surface area contributed by atoms with Gasteiger partial charge in [0.15, 0.2) is 0 Å². The minimum Gasteiger partial charge on any atom is -0.481 e. The maximum atomic E-state index is 10.9. The van der Waals surface area contributed by atoms with Gasteiger partial charge in [-0.1, -0.05) is 0 Å². The summed E-state index contributed by atoms with van der Waals surface area (Å²) in [7, 11) is 3.34. The molecular formula is C12H16N4O3. The van der Waals surface area contributed by atoms with Gasteiger partial charge in [-0.15, -0.1) is 0 Å². The van der Waals surface area contributed by atoms with Crippen LogP contribution in [0.3, 0.4) is 0 Å². The van der Waals surface area contributed by atoms with Gasteiger partial charge in [0.05, 0.1) is 30.8 Å². The molecule has 0 aliphatic rings. The number of aliphatic carboxylic acids is 1. The van der Waals surface area contributed by atoms with Gasteiger partial charge in [0.25, 0.3) is 0 Å². The molecule has 2 heterocycles. The van der Waals surface area contributed by atoms with E-state index in [1.165, 1.54) is 7.11 Å². The topological polar surface area (TPSA) is 103 Å². The molecule has 0 fully saturated rings. The summed E-state index contributed by atoms with van der Waals surface area (Å²) in [6.07, 6.45) is 3.47. The number of carboxylic acids is 1. The summed E-state index contributed by atoms with van der Waals surface area (Å²) < 4.78 is 6.86. The van der Waals surface area contributed by atoms with Gasteiger partial charge in [0, 0.05) is 24.7 Å². The molecule has 1 unspecified atom stereocenters. The number of aryl methyl sites for hydroxylation is 1. The van der Waals surface area contributed by atoms with Crippen LogP contribution in [0, 0.1) is 0 Å². The van der Waals surface area contributed by atoms with Crippen molar-refractivity contribution in [2.24, 2.45) is 12.8 Å². The average molecular weight is 264 g/mol. The number of carbonyl (C=O) groups is 1. The highest BCUT2D eigenvalue weighted by atomic mass is 16.5. The van der Waals surface area contributed by atoms with Crippen molar-refractivity contribution in [2.45, 2.75) is 12.3 Å². The summed E-state index contributed by atoms with van der Waals surface area (Å²) >= 11 is 0. The van der Waals surface area contributed by atoms with E-state index in [4.69, 9.17) is 15.6 Å². The van der Waals surface area contributed by atoms with E-state index in [2.05, 4.69) is 9.97 Å². The van der Waals surface area contributed by atoms with Gasteiger partial charge in [0.2, 0.25) is 0 Å². The second-order valence-corrected chi connectivity index (χ2v) is 4.32. The van der Waals surface area contributed by atoms with Crippen molar-refractivity contribution < 1.29 is 14.6 Å². The molecule has 19 heavy (non-hydrogen) atoms. The first-order valence-electron chi connectivity index (χ1n) is 5.84. The van der Waals surface area contributed by atoms with Gasteiger partial charge >= 0.3 is 12.0 Å². The Bertz CT molecular complexity index is 608. The Kier molecular flexibility index (Phi) is 3.66. The fourth-order valence-corrected chi connectivity index (χ4v) is 2.10. The molecule has 0 saturated carbocycles. The van der Waals surface area contributed by atoms with Gasteiger partial charge in [-0.3, -0.25) is 4.79 Å². The highest BCUT2D eigenvalue weighted by Crippen LogP contribution is 2.28. The first kappa shape index (κ1) is 13.3. The third kappa shape index (κ3) is 2.50. The van der Waals surface area contributed by atoms with Gasteiger partial charge < -0.3 is 20.1 Å². The molecule has 0 aliphatic heterocycles. The van der Waals surface area contributed by atoms with Crippen LogP contribution in [-0.4, -0.2) is 39.3 Å². The third-order valence-electron chi connectivity index (χ3n) is 3.06. The Morgan fingerprint density at radius 1 is 1.63 bits per heavy atom. The lowest BCUT2D eigenvalue weighted by molar-refractivity contribution is -0.137. The lowest BCUT2D eigenvalue weighted by atomic mass is 9.97. The highest BCUT2D eigenvalue weighted by molar-refractivity contribution is 5.81. The number of hydrogen-bond donors (Lipinski definition) is 2. The molecule has 0 aliphatic carbocycles. The van der Waals surface area contributed by atoms with Gasteiger partial charge in [-0.05, 0) is 6.54 Å². The van der Waals surface area contributed by atoms with Crippen LogP contribution in [0.25, 0.3) is 11.0 Å². The zero-order chi connectivity index (χ0) is 14.0. The number of methoxy groups -OCH3 is 1. The van der Waals surface area contributed by atoms with E-state index in [-0.39, 0.29) is 24.9 Å². The van der Waals surface area contributed by atoms with Crippen LogP contribution >= 0.6 is 0 Å². The average Bonchev–Trinajstić information content (AvgIpc) is 2.72. The standard InChI is InChI=1S/C12H16N4O3/c1-16-6-8(7(4-13)3-10(17)18)11-9(16)5-14-12(15-11)19-2/h5-7H,3-4,13H2,1-2H3,(H,17,18). The maximum Gasteiger partial charge on any atom is 0.316 e. The van der Waals surface area contributed by atoms with E-state index in [0.29, 0.717) is 5.52 Å². The number of carboxylic acid groups (broad SMARTS) is 1. The summed E-state index contributed by atoms with van der Waals surface area (Å²) in [5, 5.41) is 8.94. The lowest BCUT2D eigenvalue weighted by Crippen LogP contribution is -2.16. The van der Waals surface area contributed by atoms with E-state index in [0.717, 1.165) is 11.1 Å². The highest BCUT2D eigenvalue weighted by Gasteiger charge is 2.20. The number of hydrogen-bond acceptors (Lipinski definition) is 5. The van der Waals surface area contributed by atoms with Crippen molar-refractivity contribution in [1.29, 1.82) is 0 Å². The van der Waals surface area contributed by atoms with Crippen molar-refractivity contribution in [3.8, 4) is 6.01 Å². The molecule has 7 heteroatoms. The third-order valence-corrected chi connectivity index (χ3v) is 3.06. The number of rotatable bonds is 5. The van der Waals surface area contributed by atoms with Crippen molar-refractivity contribution in [2.75, 3.05) is 13.7 Å². The Hall–Kier alpha value is -2.15. The van der Waals surface area contributed by atoms with Gasteiger partial charge in [-0.25, -0.2) is 4.98 Å². The molecular weight excluding hydrogens is 248 g/mol. The van der Waals surface area contributed by atoms with E-state index in [9.17, 15) is 4.79 Å².